The Balaban J connectivity index is 2.59. The van der Waals surface area contributed by atoms with Gasteiger partial charge in [0.25, 0.3) is 0 Å². The number of hydrogen-bond acceptors (Lipinski definition) is 3. The lowest BCUT2D eigenvalue weighted by atomic mass is 10.2. The second-order valence-electron chi connectivity index (χ2n) is 3.93. The first kappa shape index (κ1) is 11.1. The van der Waals surface area contributed by atoms with Crippen molar-refractivity contribution in [1.29, 1.82) is 0 Å². The zero-order chi connectivity index (χ0) is 11.7. The topological polar surface area (TPSA) is 53.1 Å². The SMILES string of the molecule is COC(C)c1nc2ccc(CN)cc2n1C. The fourth-order valence-corrected chi connectivity index (χ4v) is 1.85. The minimum Gasteiger partial charge on any atom is -0.374 e. The van der Waals surface area contributed by atoms with Crippen LogP contribution < -0.4 is 5.73 Å². The summed E-state index contributed by atoms with van der Waals surface area (Å²) in [5, 5.41) is 0. The highest BCUT2D eigenvalue weighted by molar-refractivity contribution is 5.76. The third kappa shape index (κ3) is 1.70. The lowest BCUT2D eigenvalue weighted by Gasteiger charge is -2.08. The number of ether oxygens (including phenoxy) is 1. The molecule has 1 atom stereocenters. The molecule has 0 saturated heterocycles. The van der Waals surface area contributed by atoms with E-state index in [0.29, 0.717) is 6.54 Å². The van der Waals surface area contributed by atoms with E-state index in [4.69, 9.17) is 10.5 Å². The van der Waals surface area contributed by atoms with Crippen LogP contribution in [0.1, 0.15) is 24.4 Å². The van der Waals surface area contributed by atoms with Gasteiger partial charge in [-0.15, -0.1) is 0 Å². The van der Waals surface area contributed by atoms with E-state index in [9.17, 15) is 0 Å². The maximum Gasteiger partial charge on any atom is 0.138 e. The Labute approximate surface area is 95.0 Å². The van der Waals surface area contributed by atoms with Gasteiger partial charge in [-0.2, -0.15) is 0 Å². The van der Waals surface area contributed by atoms with Gasteiger partial charge in [0.1, 0.15) is 11.9 Å². The number of nitrogens with two attached hydrogens (primary N) is 1. The van der Waals surface area contributed by atoms with Crippen LogP contribution in [0, 0.1) is 0 Å². The number of fused-ring (bicyclic) bond motifs is 1. The summed E-state index contributed by atoms with van der Waals surface area (Å²) >= 11 is 0. The minimum absolute atomic E-state index is 0.00118. The molecule has 0 saturated carbocycles. The van der Waals surface area contributed by atoms with Crippen LogP contribution in [0.5, 0.6) is 0 Å². The van der Waals surface area contributed by atoms with E-state index in [1.54, 1.807) is 7.11 Å². The number of aromatic nitrogens is 2. The van der Waals surface area contributed by atoms with Crippen molar-refractivity contribution in [3.63, 3.8) is 0 Å². The molecule has 4 nitrogen and oxygen atoms in total. The monoisotopic (exact) mass is 219 g/mol. The predicted molar refractivity (Wildman–Crippen MR) is 64.0 cm³/mol. The first-order valence-electron chi connectivity index (χ1n) is 5.35. The molecule has 4 heteroatoms. The maximum atomic E-state index is 5.63. The van der Waals surface area contributed by atoms with Gasteiger partial charge < -0.3 is 15.0 Å². The molecule has 1 heterocycles. The number of benzene rings is 1. The Morgan fingerprint density at radius 3 is 2.88 bits per heavy atom. The number of imidazole rings is 1. The Kier molecular flexibility index (Phi) is 2.94. The van der Waals surface area contributed by atoms with Crippen molar-refractivity contribution >= 4 is 11.0 Å². The molecule has 2 rings (SSSR count). The van der Waals surface area contributed by atoms with Gasteiger partial charge in [0, 0.05) is 20.7 Å². The normalized spacial score (nSPS) is 13.2. The molecule has 0 amide bonds. The number of rotatable bonds is 3. The highest BCUT2D eigenvalue weighted by Gasteiger charge is 2.13. The molecule has 0 aliphatic rings. The Morgan fingerprint density at radius 2 is 2.25 bits per heavy atom. The average Bonchev–Trinajstić information content (AvgIpc) is 2.65. The number of hydrogen-bond donors (Lipinski definition) is 1. The Bertz CT molecular complexity index is 504. The molecule has 1 unspecified atom stereocenters. The Morgan fingerprint density at radius 1 is 1.50 bits per heavy atom. The molecule has 1 aromatic carbocycles. The molecule has 0 aliphatic carbocycles. The molecule has 1 aromatic heterocycles. The van der Waals surface area contributed by atoms with Crippen LogP contribution in [0.2, 0.25) is 0 Å². The summed E-state index contributed by atoms with van der Waals surface area (Å²) in [5.74, 6) is 0.937. The fourth-order valence-electron chi connectivity index (χ4n) is 1.85. The van der Waals surface area contributed by atoms with Crippen molar-refractivity contribution in [3.8, 4) is 0 Å². The third-order valence-corrected chi connectivity index (χ3v) is 2.93. The van der Waals surface area contributed by atoms with Gasteiger partial charge in [0.05, 0.1) is 11.0 Å². The lowest BCUT2D eigenvalue weighted by Crippen LogP contribution is -2.04. The van der Waals surface area contributed by atoms with Crippen LogP contribution in [-0.4, -0.2) is 16.7 Å². The van der Waals surface area contributed by atoms with Crippen LogP contribution >= 0.6 is 0 Å². The summed E-state index contributed by atoms with van der Waals surface area (Å²) in [5.41, 5.74) is 8.83. The molecule has 0 aliphatic heterocycles. The van der Waals surface area contributed by atoms with Gasteiger partial charge in [-0.25, -0.2) is 4.98 Å². The van der Waals surface area contributed by atoms with E-state index in [2.05, 4.69) is 15.6 Å². The van der Waals surface area contributed by atoms with Crippen molar-refractivity contribution < 1.29 is 4.74 Å². The van der Waals surface area contributed by atoms with Crippen LogP contribution in [0.15, 0.2) is 18.2 Å². The van der Waals surface area contributed by atoms with Crippen molar-refractivity contribution in [3.05, 3.63) is 29.6 Å². The standard InChI is InChI=1S/C12H17N3O/c1-8(16-3)12-14-10-5-4-9(7-13)6-11(10)15(12)2/h4-6,8H,7,13H2,1-3H3. The zero-order valence-electron chi connectivity index (χ0n) is 9.90. The quantitative estimate of drug-likeness (QED) is 0.855. The van der Waals surface area contributed by atoms with E-state index in [1.807, 2.05) is 26.1 Å². The van der Waals surface area contributed by atoms with E-state index < -0.39 is 0 Å². The van der Waals surface area contributed by atoms with Crippen LogP contribution in [0.3, 0.4) is 0 Å². The molecule has 0 bridgehead atoms. The second-order valence-corrected chi connectivity index (χ2v) is 3.93. The van der Waals surface area contributed by atoms with Gasteiger partial charge in [-0.3, -0.25) is 0 Å². The van der Waals surface area contributed by atoms with Crippen LogP contribution in [0.4, 0.5) is 0 Å². The van der Waals surface area contributed by atoms with Gasteiger partial charge in [0.2, 0.25) is 0 Å². The van der Waals surface area contributed by atoms with Crippen molar-refractivity contribution in [1.82, 2.24) is 9.55 Å². The van der Waals surface area contributed by atoms with E-state index >= 15 is 0 Å². The molecule has 2 aromatic rings. The average molecular weight is 219 g/mol. The largest absolute Gasteiger partial charge is 0.374 e. The smallest absolute Gasteiger partial charge is 0.138 e. The molecule has 0 fully saturated rings. The number of aryl methyl sites for hydroxylation is 1. The van der Waals surface area contributed by atoms with Gasteiger partial charge >= 0.3 is 0 Å². The first-order valence-corrected chi connectivity index (χ1v) is 5.35. The summed E-state index contributed by atoms with van der Waals surface area (Å²) in [7, 11) is 3.69. The van der Waals surface area contributed by atoms with Gasteiger partial charge in [-0.05, 0) is 24.6 Å². The maximum absolute atomic E-state index is 5.63. The van der Waals surface area contributed by atoms with Crippen molar-refractivity contribution in [2.45, 2.75) is 19.6 Å². The highest BCUT2D eigenvalue weighted by atomic mass is 16.5. The summed E-state index contributed by atoms with van der Waals surface area (Å²) in [6.07, 6.45) is -0.00118. The van der Waals surface area contributed by atoms with E-state index in [0.717, 1.165) is 22.4 Å². The highest BCUT2D eigenvalue weighted by Crippen LogP contribution is 2.22. The van der Waals surface area contributed by atoms with Crippen LogP contribution in [-0.2, 0) is 18.3 Å². The van der Waals surface area contributed by atoms with Crippen molar-refractivity contribution in [2.75, 3.05) is 7.11 Å². The predicted octanol–water partition coefficient (Wildman–Crippen LogP) is 1.74. The molecular weight excluding hydrogens is 202 g/mol. The van der Waals surface area contributed by atoms with Gasteiger partial charge in [-0.1, -0.05) is 6.07 Å². The van der Waals surface area contributed by atoms with Gasteiger partial charge in [0.15, 0.2) is 0 Å². The Hall–Kier alpha value is -1.39. The first-order chi connectivity index (χ1) is 7.67. The summed E-state index contributed by atoms with van der Waals surface area (Å²) < 4.78 is 7.35. The van der Waals surface area contributed by atoms with Crippen molar-refractivity contribution in [2.24, 2.45) is 12.8 Å². The molecular formula is C12H17N3O. The summed E-state index contributed by atoms with van der Waals surface area (Å²) in [6, 6.07) is 6.09. The zero-order valence-corrected chi connectivity index (χ0v) is 9.90. The van der Waals surface area contributed by atoms with E-state index in [1.165, 1.54) is 0 Å². The lowest BCUT2D eigenvalue weighted by molar-refractivity contribution is 0.110. The minimum atomic E-state index is -0.00118. The molecule has 16 heavy (non-hydrogen) atoms. The third-order valence-electron chi connectivity index (χ3n) is 2.93. The number of nitrogens with zero attached hydrogens (tertiary/aromatic N) is 2. The second kappa shape index (κ2) is 4.23. The molecule has 0 radical (unpaired) electrons. The fraction of sp³-hybridized carbons (Fsp3) is 0.417. The van der Waals surface area contributed by atoms with E-state index in [-0.39, 0.29) is 6.10 Å². The summed E-state index contributed by atoms with van der Waals surface area (Å²) in [4.78, 5) is 4.56. The van der Waals surface area contributed by atoms with Crippen LogP contribution in [0.25, 0.3) is 11.0 Å². The molecule has 0 spiro atoms. The molecule has 2 N–H and O–H groups in total. The summed E-state index contributed by atoms with van der Waals surface area (Å²) in [6.45, 7) is 2.54. The molecule has 86 valence electrons. The number of methoxy groups -OCH3 is 1.